The van der Waals surface area contributed by atoms with Crippen molar-refractivity contribution in [2.75, 3.05) is 6.54 Å². The van der Waals surface area contributed by atoms with Crippen LogP contribution in [0.15, 0.2) is 46.9 Å². The van der Waals surface area contributed by atoms with Crippen molar-refractivity contribution in [2.24, 2.45) is 0 Å². The van der Waals surface area contributed by atoms with Gasteiger partial charge in [0.25, 0.3) is 11.8 Å². The lowest BCUT2D eigenvalue weighted by Gasteiger charge is -2.25. The Morgan fingerprint density at radius 1 is 0.771 bits per heavy atom. The molecule has 35 heavy (non-hydrogen) atoms. The zero-order valence-corrected chi connectivity index (χ0v) is 21.6. The summed E-state index contributed by atoms with van der Waals surface area (Å²) in [5.74, 6) is 0.764. The van der Waals surface area contributed by atoms with Crippen LogP contribution in [-0.2, 0) is 17.3 Å². The Balaban J connectivity index is 1.35. The van der Waals surface area contributed by atoms with E-state index in [2.05, 4.69) is 69.9 Å². The number of nitrogens with zero attached hydrogens (tertiary/aromatic N) is 3. The minimum Gasteiger partial charge on any atom is -0.421 e. The van der Waals surface area contributed by atoms with E-state index >= 15 is 0 Å². The average molecular weight is 474 g/mol. The third-order valence-corrected chi connectivity index (χ3v) is 6.53. The lowest BCUT2D eigenvalue weighted by atomic mass is 9.79. The molecular formula is C29H35N3O3. The number of rotatable bonds is 7. The van der Waals surface area contributed by atoms with Crippen LogP contribution in [0, 0.1) is 0 Å². The maximum atomic E-state index is 12.5. The van der Waals surface area contributed by atoms with Gasteiger partial charge in [-0.05, 0) is 59.1 Å². The summed E-state index contributed by atoms with van der Waals surface area (Å²) in [6.45, 7) is 13.7. The predicted molar refractivity (Wildman–Crippen MR) is 136 cm³/mol. The molecule has 0 aliphatic carbocycles. The highest BCUT2D eigenvalue weighted by atomic mass is 16.4. The summed E-state index contributed by atoms with van der Waals surface area (Å²) in [6.07, 6.45) is 3.12. The normalized spacial score (nSPS) is 14.1. The molecule has 2 aromatic carbocycles. The molecule has 2 heterocycles. The molecule has 0 saturated heterocycles. The first-order valence-corrected chi connectivity index (χ1v) is 12.4. The van der Waals surface area contributed by atoms with Crippen LogP contribution >= 0.6 is 0 Å². The molecule has 0 fully saturated rings. The van der Waals surface area contributed by atoms with Gasteiger partial charge in [0.05, 0.1) is 11.1 Å². The molecule has 0 radical (unpaired) electrons. The number of aryl methyl sites for hydroxylation is 1. The maximum absolute atomic E-state index is 12.5. The van der Waals surface area contributed by atoms with Gasteiger partial charge in [-0.15, -0.1) is 10.2 Å². The first-order valence-electron chi connectivity index (χ1n) is 12.4. The van der Waals surface area contributed by atoms with Crippen molar-refractivity contribution in [2.45, 2.75) is 78.1 Å². The molecule has 2 amide bonds. The molecule has 4 rings (SSSR count). The zero-order chi connectivity index (χ0) is 25.4. The van der Waals surface area contributed by atoms with Crippen molar-refractivity contribution in [1.82, 2.24) is 15.1 Å². The van der Waals surface area contributed by atoms with Gasteiger partial charge in [-0.25, -0.2) is 0 Å². The van der Waals surface area contributed by atoms with E-state index in [4.69, 9.17) is 4.42 Å². The van der Waals surface area contributed by atoms with E-state index < -0.39 is 0 Å². The van der Waals surface area contributed by atoms with Gasteiger partial charge in [0, 0.05) is 18.5 Å². The largest absolute Gasteiger partial charge is 0.421 e. The van der Waals surface area contributed by atoms with Gasteiger partial charge in [0.1, 0.15) is 0 Å². The summed E-state index contributed by atoms with van der Waals surface area (Å²) < 4.78 is 6.02. The lowest BCUT2D eigenvalue weighted by molar-refractivity contribution is 0.0651. The second-order valence-corrected chi connectivity index (χ2v) is 11.4. The topological polar surface area (TPSA) is 76.3 Å². The fraction of sp³-hybridized carbons (Fsp3) is 0.448. The second-order valence-electron chi connectivity index (χ2n) is 11.4. The van der Waals surface area contributed by atoms with Crippen LogP contribution in [0.4, 0.5) is 0 Å². The fourth-order valence-corrected chi connectivity index (χ4v) is 4.25. The van der Waals surface area contributed by atoms with Crippen molar-refractivity contribution in [3.8, 4) is 11.5 Å². The molecule has 1 aliphatic rings. The van der Waals surface area contributed by atoms with Gasteiger partial charge < -0.3 is 4.42 Å². The minimum atomic E-state index is -0.195. The quantitative estimate of drug-likeness (QED) is 0.296. The fourth-order valence-electron chi connectivity index (χ4n) is 4.25. The monoisotopic (exact) mass is 473 g/mol. The van der Waals surface area contributed by atoms with Crippen LogP contribution in [0.5, 0.6) is 0 Å². The average Bonchev–Trinajstić information content (AvgIpc) is 3.36. The van der Waals surface area contributed by atoms with Crippen LogP contribution < -0.4 is 0 Å². The van der Waals surface area contributed by atoms with Gasteiger partial charge in [-0.3, -0.25) is 14.5 Å². The summed E-state index contributed by atoms with van der Waals surface area (Å²) in [4.78, 5) is 26.3. The van der Waals surface area contributed by atoms with Crippen LogP contribution in [-0.4, -0.2) is 33.5 Å². The maximum Gasteiger partial charge on any atom is 0.261 e. The van der Waals surface area contributed by atoms with Gasteiger partial charge in [-0.1, -0.05) is 66.2 Å². The highest BCUT2D eigenvalue weighted by Gasteiger charge is 2.34. The Kier molecular flexibility index (Phi) is 6.67. The van der Waals surface area contributed by atoms with Crippen molar-refractivity contribution >= 4 is 11.8 Å². The first-order chi connectivity index (χ1) is 16.4. The van der Waals surface area contributed by atoms with Crippen molar-refractivity contribution in [1.29, 1.82) is 0 Å². The summed E-state index contributed by atoms with van der Waals surface area (Å²) in [5.41, 5.74) is 4.46. The number of hydrogen-bond donors (Lipinski definition) is 0. The third-order valence-electron chi connectivity index (χ3n) is 6.53. The van der Waals surface area contributed by atoms with Gasteiger partial charge in [-0.2, -0.15) is 0 Å². The predicted octanol–water partition coefficient (Wildman–Crippen LogP) is 6.34. The van der Waals surface area contributed by atoms with Crippen molar-refractivity contribution < 1.29 is 14.0 Å². The molecule has 0 atom stereocenters. The Morgan fingerprint density at radius 3 is 1.89 bits per heavy atom. The van der Waals surface area contributed by atoms with Gasteiger partial charge in [0.15, 0.2) is 0 Å². The molecule has 6 heteroatoms. The van der Waals surface area contributed by atoms with E-state index in [9.17, 15) is 9.59 Å². The summed E-state index contributed by atoms with van der Waals surface area (Å²) in [7, 11) is 0. The summed E-state index contributed by atoms with van der Waals surface area (Å²) in [6, 6.07) is 13.6. The Hall–Kier alpha value is -3.28. The molecule has 0 N–H and O–H groups in total. The highest BCUT2D eigenvalue weighted by molar-refractivity contribution is 6.21. The molecule has 0 spiro atoms. The van der Waals surface area contributed by atoms with E-state index in [1.807, 2.05) is 0 Å². The van der Waals surface area contributed by atoms with Crippen LogP contribution in [0.3, 0.4) is 0 Å². The molecule has 0 bridgehead atoms. The smallest absolute Gasteiger partial charge is 0.261 e. The molecule has 3 aromatic rings. The molecule has 1 aliphatic heterocycles. The number of unbranched alkanes of at least 4 members (excludes halogenated alkanes) is 2. The molecule has 0 saturated carbocycles. The lowest BCUT2D eigenvalue weighted by Crippen LogP contribution is -2.30. The van der Waals surface area contributed by atoms with Gasteiger partial charge >= 0.3 is 0 Å². The molecular weight excluding hydrogens is 438 g/mol. The number of amides is 2. The van der Waals surface area contributed by atoms with Crippen LogP contribution in [0.25, 0.3) is 11.5 Å². The Morgan fingerprint density at radius 2 is 1.34 bits per heavy atom. The van der Waals surface area contributed by atoms with Crippen LogP contribution in [0.2, 0.25) is 0 Å². The number of hydrogen-bond acceptors (Lipinski definition) is 5. The van der Waals surface area contributed by atoms with Gasteiger partial charge in [0.2, 0.25) is 11.8 Å². The van der Waals surface area contributed by atoms with E-state index in [0.29, 0.717) is 35.9 Å². The summed E-state index contributed by atoms with van der Waals surface area (Å²) >= 11 is 0. The third kappa shape index (κ3) is 5.37. The van der Waals surface area contributed by atoms with Crippen LogP contribution in [0.1, 0.15) is 98.5 Å². The zero-order valence-electron chi connectivity index (χ0n) is 21.6. The number of benzene rings is 2. The number of carbonyl (C=O) groups excluding carboxylic acids is 2. The number of imide groups is 1. The minimum absolute atomic E-state index is 0.0122. The number of aromatic nitrogens is 2. The van der Waals surface area contributed by atoms with Crippen molar-refractivity contribution in [3.63, 3.8) is 0 Å². The van der Waals surface area contributed by atoms with E-state index in [-0.39, 0.29) is 22.6 Å². The van der Waals surface area contributed by atoms with E-state index in [1.165, 1.54) is 16.0 Å². The SMILES string of the molecule is CC(C)(C)c1cc(-c2nnc(CCCCCN3C(=O)c4ccccc4C3=O)o2)cc(C(C)(C)C)c1. The molecule has 0 unspecified atom stereocenters. The molecule has 184 valence electrons. The van der Waals surface area contributed by atoms with E-state index in [0.717, 1.165) is 24.8 Å². The Bertz CT molecular complexity index is 1180. The summed E-state index contributed by atoms with van der Waals surface area (Å²) in [5, 5.41) is 8.59. The Labute approximate surface area is 207 Å². The number of carbonyl (C=O) groups is 2. The highest BCUT2D eigenvalue weighted by Crippen LogP contribution is 2.33. The second kappa shape index (κ2) is 9.40. The standard InChI is InChI=1S/C29H35N3O3/c1-28(2,3)20-16-19(17-21(18-20)29(4,5)6)25-31-30-24(35-25)14-8-7-11-15-32-26(33)22-12-9-10-13-23(22)27(32)34/h9-10,12-13,16-18H,7-8,11,14-15H2,1-6H3. The molecule has 6 nitrogen and oxygen atoms in total. The first kappa shape index (κ1) is 24.8. The number of fused-ring (bicyclic) bond motifs is 1. The van der Waals surface area contributed by atoms with E-state index in [1.54, 1.807) is 24.3 Å². The molecule has 1 aromatic heterocycles. The van der Waals surface area contributed by atoms with Crippen molar-refractivity contribution in [3.05, 3.63) is 70.6 Å².